The van der Waals surface area contributed by atoms with Crippen LogP contribution in [-0.2, 0) is 0 Å². The quantitative estimate of drug-likeness (QED) is 0.791. The van der Waals surface area contributed by atoms with E-state index in [1.807, 2.05) is 6.07 Å². The lowest BCUT2D eigenvalue weighted by atomic mass is 9.83. The molecule has 2 nitrogen and oxygen atoms in total. The molecule has 1 aromatic heterocycles. The van der Waals surface area contributed by atoms with E-state index in [1.54, 1.807) is 7.11 Å². The largest absolute Gasteiger partial charge is 0.497 e. The predicted molar refractivity (Wildman–Crippen MR) is 61.4 cm³/mol. The van der Waals surface area contributed by atoms with Crippen molar-refractivity contribution in [3.8, 4) is 5.75 Å². The Hall–Kier alpha value is -1.44. The highest BCUT2D eigenvalue weighted by Crippen LogP contribution is 2.37. The number of aromatic amines is 1. The molecule has 3 rings (SSSR count). The number of H-pyrrole nitrogens is 1. The number of fused-ring (bicyclic) bond motifs is 1. The fourth-order valence-corrected chi connectivity index (χ4v) is 2.19. The maximum absolute atomic E-state index is 5.21. The van der Waals surface area contributed by atoms with Crippen molar-refractivity contribution in [1.82, 2.24) is 4.98 Å². The molecule has 0 spiro atoms. The molecule has 1 aromatic carbocycles. The van der Waals surface area contributed by atoms with Gasteiger partial charge in [0.15, 0.2) is 0 Å². The second kappa shape index (κ2) is 3.30. The Morgan fingerprint density at radius 2 is 2.13 bits per heavy atom. The molecular weight excluding hydrogens is 186 g/mol. The maximum Gasteiger partial charge on any atom is 0.120 e. The van der Waals surface area contributed by atoms with E-state index in [4.69, 9.17) is 4.74 Å². The lowest BCUT2D eigenvalue weighted by Crippen LogP contribution is -2.08. The van der Waals surface area contributed by atoms with Gasteiger partial charge in [0, 0.05) is 17.3 Å². The van der Waals surface area contributed by atoms with Crippen molar-refractivity contribution < 1.29 is 4.74 Å². The third-order valence-electron chi connectivity index (χ3n) is 3.40. The smallest absolute Gasteiger partial charge is 0.120 e. The van der Waals surface area contributed by atoms with Crippen LogP contribution in [-0.4, -0.2) is 12.1 Å². The third-order valence-corrected chi connectivity index (χ3v) is 3.40. The topological polar surface area (TPSA) is 25.0 Å². The average Bonchev–Trinajstić information content (AvgIpc) is 2.56. The van der Waals surface area contributed by atoms with Crippen molar-refractivity contribution in [1.29, 1.82) is 0 Å². The van der Waals surface area contributed by atoms with Gasteiger partial charge in [0.25, 0.3) is 0 Å². The molecule has 2 aromatic rings. The minimum absolute atomic E-state index is 0.767. The molecule has 1 N–H and O–H groups in total. The minimum atomic E-state index is 0.767. The van der Waals surface area contributed by atoms with Gasteiger partial charge in [0.2, 0.25) is 0 Å². The Balaban J connectivity index is 2.04. The summed E-state index contributed by atoms with van der Waals surface area (Å²) in [5.74, 6) is 1.69. The van der Waals surface area contributed by atoms with Gasteiger partial charge in [-0.15, -0.1) is 0 Å². The summed E-state index contributed by atoms with van der Waals surface area (Å²) < 4.78 is 5.21. The van der Waals surface area contributed by atoms with E-state index >= 15 is 0 Å². The summed E-state index contributed by atoms with van der Waals surface area (Å²) >= 11 is 0. The Morgan fingerprint density at radius 1 is 1.27 bits per heavy atom. The Kier molecular flexibility index (Phi) is 1.94. The molecule has 0 aliphatic heterocycles. The summed E-state index contributed by atoms with van der Waals surface area (Å²) in [6.45, 7) is 0. The monoisotopic (exact) mass is 201 g/mol. The van der Waals surface area contributed by atoms with Crippen molar-refractivity contribution in [3.63, 3.8) is 0 Å². The molecule has 0 bridgehead atoms. The summed E-state index contributed by atoms with van der Waals surface area (Å²) in [7, 11) is 1.71. The van der Waals surface area contributed by atoms with E-state index < -0.39 is 0 Å². The first-order chi connectivity index (χ1) is 7.36. The summed E-state index contributed by atoms with van der Waals surface area (Å²) in [6, 6.07) is 8.48. The second-order valence-corrected chi connectivity index (χ2v) is 4.31. The van der Waals surface area contributed by atoms with Crippen LogP contribution in [0.15, 0.2) is 24.3 Å². The zero-order chi connectivity index (χ0) is 10.3. The minimum Gasteiger partial charge on any atom is -0.497 e. The molecular formula is C13H15NO. The van der Waals surface area contributed by atoms with Crippen molar-refractivity contribution >= 4 is 10.9 Å². The van der Waals surface area contributed by atoms with Gasteiger partial charge in [-0.25, -0.2) is 0 Å². The van der Waals surface area contributed by atoms with Gasteiger partial charge >= 0.3 is 0 Å². The number of nitrogens with one attached hydrogen (secondary N) is 1. The van der Waals surface area contributed by atoms with Gasteiger partial charge in [-0.2, -0.15) is 0 Å². The Labute approximate surface area is 89.3 Å². The fourth-order valence-electron chi connectivity index (χ4n) is 2.19. The van der Waals surface area contributed by atoms with Gasteiger partial charge in [-0.05, 0) is 42.3 Å². The predicted octanol–water partition coefficient (Wildman–Crippen LogP) is 3.44. The lowest BCUT2D eigenvalue weighted by molar-refractivity contribution is 0.412. The van der Waals surface area contributed by atoms with Crippen LogP contribution in [0.3, 0.4) is 0 Å². The number of hydrogen-bond donors (Lipinski definition) is 1. The molecule has 1 saturated carbocycles. The van der Waals surface area contributed by atoms with E-state index in [9.17, 15) is 0 Å². The Bertz CT molecular complexity index is 482. The van der Waals surface area contributed by atoms with Crippen molar-refractivity contribution in [2.75, 3.05) is 7.11 Å². The summed E-state index contributed by atoms with van der Waals surface area (Å²) in [6.07, 6.45) is 4.05. The molecule has 0 atom stereocenters. The molecule has 1 fully saturated rings. The third kappa shape index (κ3) is 1.41. The second-order valence-electron chi connectivity index (χ2n) is 4.31. The van der Waals surface area contributed by atoms with E-state index in [0.29, 0.717) is 0 Å². The molecule has 1 aliphatic carbocycles. The molecule has 78 valence electrons. The number of benzene rings is 1. The van der Waals surface area contributed by atoms with Crippen molar-refractivity contribution in [2.45, 2.75) is 25.2 Å². The van der Waals surface area contributed by atoms with Crippen molar-refractivity contribution in [2.24, 2.45) is 0 Å². The van der Waals surface area contributed by atoms with Crippen LogP contribution >= 0.6 is 0 Å². The average molecular weight is 201 g/mol. The van der Waals surface area contributed by atoms with E-state index in [0.717, 1.165) is 11.7 Å². The van der Waals surface area contributed by atoms with Crippen LogP contribution < -0.4 is 4.74 Å². The van der Waals surface area contributed by atoms with E-state index in [1.165, 1.54) is 35.9 Å². The first-order valence-corrected chi connectivity index (χ1v) is 5.53. The van der Waals surface area contributed by atoms with Gasteiger partial charge < -0.3 is 9.72 Å². The highest BCUT2D eigenvalue weighted by Gasteiger charge is 2.20. The number of methoxy groups -OCH3 is 1. The fraction of sp³-hybridized carbons (Fsp3) is 0.385. The van der Waals surface area contributed by atoms with Gasteiger partial charge in [0.1, 0.15) is 5.75 Å². The molecule has 1 heterocycles. The van der Waals surface area contributed by atoms with Crippen LogP contribution in [0.1, 0.15) is 30.9 Å². The van der Waals surface area contributed by atoms with Crippen LogP contribution in [0.2, 0.25) is 0 Å². The van der Waals surface area contributed by atoms with Crippen molar-refractivity contribution in [3.05, 3.63) is 30.0 Å². The first kappa shape index (κ1) is 8.84. The molecule has 0 unspecified atom stereocenters. The zero-order valence-electron chi connectivity index (χ0n) is 8.92. The standard InChI is InChI=1S/C13H15NO/c1-15-11-6-5-10-7-12(9-3-2-4-9)14-13(10)8-11/h5-9,14H,2-4H2,1H3. The van der Waals surface area contributed by atoms with Crippen LogP contribution in [0.4, 0.5) is 0 Å². The molecule has 0 radical (unpaired) electrons. The van der Waals surface area contributed by atoms with Gasteiger partial charge in [-0.3, -0.25) is 0 Å². The molecule has 0 amide bonds. The van der Waals surface area contributed by atoms with E-state index in [2.05, 4.69) is 23.2 Å². The maximum atomic E-state index is 5.21. The molecule has 15 heavy (non-hydrogen) atoms. The zero-order valence-corrected chi connectivity index (χ0v) is 8.92. The number of aromatic nitrogens is 1. The number of hydrogen-bond acceptors (Lipinski definition) is 1. The normalized spacial score (nSPS) is 16.6. The summed E-state index contributed by atoms with van der Waals surface area (Å²) in [5, 5.41) is 1.29. The number of ether oxygens (including phenoxy) is 1. The molecule has 2 heteroatoms. The SMILES string of the molecule is COc1ccc2cc(C3CCC3)[nH]c2c1. The molecule has 1 aliphatic rings. The van der Waals surface area contributed by atoms with Crippen LogP contribution in [0.5, 0.6) is 5.75 Å². The lowest BCUT2D eigenvalue weighted by Gasteiger charge is -2.23. The van der Waals surface area contributed by atoms with Crippen LogP contribution in [0, 0.1) is 0 Å². The number of rotatable bonds is 2. The van der Waals surface area contributed by atoms with Gasteiger partial charge in [0.05, 0.1) is 7.11 Å². The van der Waals surface area contributed by atoms with E-state index in [-0.39, 0.29) is 0 Å². The highest BCUT2D eigenvalue weighted by molar-refractivity contribution is 5.82. The first-order valence-electron chi connectivity index (χ1n) is 5.53. The summed E-state index contributed by atoms with van der Waals surface area (Å²) in [4.78, 5) is 3.49. The highest BCUT2D eigenvalue weighted by atomic mass is 16.5. The summed E-state index contributed by atoms with van der Waals surface area (Å²) in [5.41, 5.74) is 2.58. The molecule has 0 saturated heterocycles. The van der Waals surface area contributed by atoms with Crippen LogP contribution in [0.25, 0.3) is 10.9 Å². The Morgan fingerprint density at radius 3 is 2.80 bits per heavy atom. The van der Waals surface area contributed by atoms with Gasteiger partial charge in [-0.1, -0.05) is 6.42 Å².